The molecule has 1 aliphatic rings. The van der Waals surface area contributed by atoms with E-state index in [0.717, 1.165) is 24.1 Å². The second kappa shape index (κ2) is 6.21. The van der Waals surface area contributed by atoms with Gasteiger partial charge < -0.3 is 10.6 Å². The van der Waals surface area contributed by atoms with Crippen LogP contribution in [0.2, 0.25) is 0 Å². The van der Waals surface area contributed by atoms with E-state index in [2.05, 4.69) is 6.92 Å². The molecule has 1 heterocycles. The summed E-state index contributed by atoms with van der Waals surface area (Å²) < 4.78 is 0. The van der Waals surface area contributed by atoms with Gasteiger partial charge in [0.25, 0.3) is 5.91 Å². The number of rotatable bonds is 2. The Balaban J connectivity index is 0.00000162. The van der Waals surface area contributed by atoms with Gasteiger partial charge in [0.2, 0.25) is 0 Å². The lowest BCUT2D eigenvalue weighted by Gasteiger charge is -2.21. The maximum absolute atomic E-state index is 12.4. The van der Waals surface area contributed by atoms with Gasteiger partial charge in [0.1, 0.15) is 0 Å². The van der Waals surface area contributed by atoms with Crippen molar-refractivity contribution in [2.75, 3.05) is 13.1 Å². The van der Waals surface area contributed by atoms with E-state index in [1.807, 2.05) is 36.1 Å². The molecule has 0 aliphatic carbocycles. The highest BCUT2D eigenvalue weighted by Crippen LogP contribution is 2.24. The van der Waals surface area contributed by atoms with Gasteiger partial charge >= 0.3 is 0 Å². The quantitative estimate of drug-likeness (QED) is 0.894. The van der Waals surface area contributed by atoms with Gasteiger partial charge in [-0.25, -0.2) is 0 Å². The highest BCUT2D eigenvalue weighted by atomic mass is 35.5. The Bertz CT molecular complexity index is 422. The van der Waals surface area contributed by atoms with Crippen LogP contribution in [0, 0.1) is 12.8 Å². The number of hydrogen-bond acceptors (Lipinski definition) is 2. The van der Waals surface area contributed by atoms with Crippen molar-refractivity contribution < 1.29 is 4.79 Å². The molecule has 1 aromatic rings. The predicted molar refractivity (Wildman–Crippen MR) is 76.1 cm³/mol. The van der Waals surface area contributed by atoms with Crippen molar-refractivity contribution >= 4 is 18.3 Å². The van der Waals surface area contributed by atoms with Crippen LogP contribution < -0.4 is 5.73 Å². The Hall–Kier alpha value is -1.06. The van der Waals surface area contributed by atoms with E-state index < -0.39 is 0 Å². The van der Waals surface area contributed by atoms with Crippen LogP contribution in [0.4, 0.5) is 0 Å². The van der Waals surface area contributed by atoms with Crippen molar-refractivity contribution in [3.8, 4) is 0 Å². The summed E-state index contributed by atoms with van der Waals surface area (Å²) in [6.45, 7) is 5.57. The SMILES string of the molecule is Cc1cccc(C(=O)N2CC(CN)CC2C)c1.Cl. The molecule has 2 unspecified atom stereocenters. The number of nitrogens with two attached hydrogens (primary N) is 1. The first-order valence-electron chi connectivity index (χ1n) is 6.19. The van der Waals surface area contributed by atoms with Crippen molar-refractivity contribution in [2.45, 2.75) is 26.3 Å². The molecule has 1 aromatic carbocycles. The van der Waals surface area contributed by atoms with Crippen molar-refractivity contribution in [3.63, 3.8) is 0 Å². The average molecular weight is 269 g/mol. The minimum Gasteiger partial charge on any atom is -0.336 e. The van der Waals surface area contributed by atoms with Crippen LogP contribution in [0.1, 0.15) is 29.3 Å². The minimum atomic E-state index is 0. The molecule has 1 amide bonds. The fourth-order valence-electron chi connectivity index (χ4n) is 2.54. The fraction of sp³-hybridized carbons (Fsp3) is 0.500. The zero-order valence-corrected chi connectivity index (χ0v) is 11.7. The zero-order valence-electron chi connectivity index (χ0n) is 10.9. The first kappa shape index (κ1) is 15.0. The van der Waals surface area contributed by atoms with Crippen LogP contribution in [-0.4, -0.2) is 29.9 Å². The molecule has 3 nitrogen and oxygen atoms in total. The van der Waals surface area contributed by atoms with Gasteiger partial charge in [-0.15, -0.1) is 12.4 Å². The number of amides is 1. The highest BCUT2D eigenvalue weighted by molar-refractivity contribution is 5.94. The van der Waals surface area contributed by atoms with Gasteiger partial charge in [-0.1, -0.05) is 17.7 Å². The predicted octanol–water partition coefficient (Wildman–Crippen LogP) is 2.23. The summed E-state index contributed by atoms with van der Waals surface area (Å²) in [7, 11) is 0. The normalized spacial score (nSPS) is 22.7. The Morgan fingerprint density at radius 1 is 1.50 bits per heavy atom. The number of carbonyl (C=O) groups excluding carboxylic acids is 1. The molecule has 100 valence electrons. The van der Waals surface area contributed by atoms with Crippen LogP contribution in [0.15, 0.2) is 24.3 Å². The lowest BCUT2D eigenvalue weighted by Crippen LogP contribution is -2.34. The topological polar surface area (TPSA) is 46.3 Å². The van der Waals surface area contributed by atoms with Gasteiger partial charge in [0.05, 0.1) is 0 Å². The molecule has 2 rings (SSSR count). The number of halogens is 1. The molecule has 0 radical (unpaired) electrons. The minimum absolute atomic E-state index is 0. The first-order valence-corrected chi connectivity index (χ1v) is 6.19. The number of nitrogens with zero attached hydrogens (tertiary/aromatic N) is 1. The molecule has 1 aliphatic heterocycles. The standard InChI is InChI=1S/C14H20N2O.ClH/c1-10-4-3-5-13(6-10)14(17)16-9-12(8-15)7-11(16)2;/h3-6,11-12H,7-9,15H2,1-2H3;1H. The lowest BCUT2D eigenvalue weighted by atomic mass is 10.1. The summed E-state index contributed by atoms with van der Waals surface area (Å²) in [6.07, 6.45) is 1.02. The van der Waals surface area contributed by atoms with E-state index in [1.165, 1.54) is 0 Å². The number of likely N-dealkylation sites (tertiary alicyclic amines) is 1. The van der Waals surface area contributed by atoms with E-state index in [0.29, 0.717) is 18.5 Å². The van der Waals surface area contributed by atoms with Gasteiger partial charge in [-0.3, -0.25) is 4.79 Å². The zero-order chi connectivity index (χ0) is 12.4. The van der Waals surface area contributed by atoms with E-state index in [9.17, 15) is 4.79 Å². The number of benzene rings is 1. The second-order valence-electron chi connectivity index (χ2n) is 5.01. The van der Waals surface area contributed by atoms with Gasteiger partial charge in [-0.05, 0) is 44.9 Å². The Kier molecular flexibility index (Phi) is 5.17. The molecular weight excluding hydrogens is 248 g/mol. The summed E-state index contributed by atoms with van der Waals surface area (Å²) in [4.78, 5) is 14.3. The fourth-order valence-corrected chi connectivity index (χ4v) is 2.54. The molecular formula is C14H21ClN2O. The van der Waals surface area contributed by atoms with Crippen molar-refractivity contribution in [3.05, 3.63) is 35.4 Å². The van der Waals surface area contributed by atoms with Crippen molar-refractivity contribution in [2.24, 2.45) is 11.7 Å². The monoisotopic (exact) mass is 268 g/mol. The van der Waals surface area contributed by atoms with Gasteiger partial charge in [-0.2, -0.15) is 0 Å². The van der Waals surface area contributed by atoms with Gasteiger partial charge in [0, 0.05) is 18.2 Å². The second-order valence-corrected chi connectivity index (χ2v) is 5.01. The molecule has 2 atom stereocenters. The molecule has 0 aromatic heterocycles. The molecule has 0 saturated carbocycles. The molecule has 1 fully saturated rings. The Morgan fingerprint density at radius 3 is 2.78 bits per heavy atom. The maximum atomic E-state index is 12.4. The summed E-state index contributed by atoms with van der Waals surface area (Å²) in [5.74, 6) is 0.593. The summed E-state index contributed by atoms with van der Waals surface area (Å²) in [5, 5.41) is 0. The maximum Gasteiger partial charge on any atom is 0.254 e. The van der Waals surface area contributed by atoms with Crippen LogP contribution >= 0.6 is 12.4 Å². The van der Waals surface area contributed by atoms with Crippen LogP contribution in [0.3, 0.4) is 0 Å². The molecule has 0 bridgehead atoms. The van der Waals surface area contributed by atoms with E-state index in [-0.39, 0.29) is 18.3 Å². The molecule has 2 N–H and O–H groups in total. The molecule has 18 heavy (non-hydrogen) atoms. The first-order chi connectivity index (χ1) is 8.11. The Labute approximate surface area is 115 Å². The smallest absolute Gasteiger partial charge is 0.254 e. The molecule has 1 saturated heterocycles. The number of carbonyl (C=O) groups is 1. The van der Waals surface area contributed by atoms with Crippen LogP contribution in [-0.2, 0) is 0 Å². The third kappa shape index (κ3) is 3.03. The molecule has 0 spiro atoms. The average Bonchev–Trinajstić information content (AvgIpc) is 2.69. The van der Waals surface area contributed by atoms with E-state index in [1.54, 1.807) is 0 Å². The van der Waals surface area contributed by atoms with E-state index in [4.69, 9.17) is 5.73 Å². The highest BCUT2D eigenvalue weighted by Gasteiger charge is 2.31. The Morgan fingerprint density at radius 2 is 2.22 bits per heavy atom. The van der Waals surface area contributed by atoms with E-state index >= 15 is 0 Å². The van der Waals surface area contributed by atoms with Crippen molar-refractivity contribution in [1.82, 2.24) is 4.90 Å². The van der Waals surface area contributed by atoms with Crippen molar-refractivity contribution in [1.29, 1.82) is 0 Å². The number of hydrogen-bond donors (Lipinski definition) is 1. The number of aryl methyl sites for hydroxylation is 1. The summed E-state index contributed by atoms with van der Waals surface area (Å²) >= 11 is 0. The van der Waals surface area contributed by atoms with Crippen LogP contribution in [0.5, 0.6) is 0 Å². The lowest BCUT2D eigenvalue weighted by molar-refractivity contribution is 0.0743. The van der Waals surface area contributed by atoms with Crippen LogP contribution in [0.25, 0.3) is 0 Å². The summed E-state index contributed by atoms with van der Waals surface area (Å²) in [5.41, 5.74) is 7.59. The largest absolute Gasteiger partial charge is 0.336 e. The third-order valence-electron chi connectivity index (χ3n) is 3.52. The third-order valence-corrected chi connectivity index (χ3v) is 3.52. The van der Waals surface area contributed by atoms with Gasteiger partial charge in [0.15, 0.2) is 0 Å². The summed E-state index contributed by atoms with van der Waals surface area (Å²) in [6, 6.07) is 8.08. The molecule has 4 heteroatoms.